The molecule has 0 aliphatic heterocycles. The van der Waals surface area contributed by atoms with Crippen LogP contribution in [0.4, 0.5) is 0 Å². The van der Waals surface area contributed by atoms with Gasteiger partial charge in [-0.1, -0.05) is 202 Å². The van der Waals surface area contributed by atoms with Crippen molar-refractivity contribution in [1.29, 1.82) is 0 Å². The number of ether oxygens (including phenoxy) is 1. The Morgan fingerprint density at radius 1 is 0.432 bits per heavy atom. The second-order valence-electron chi connectivity index (χ2n) is 22.4. The molecule has 0 N–H and O–H groups in total. The van der Waals surface area contributed by atoms with Crippen LogP contribution in [0.1, 0.15) is 101 Å². The number of fused-ring (bicyclic) bond motifs is 3. The van der Waals surface area contributed by atoms with Crippen molar-refractivity contribution in [2.45, 2.75) is 84.0 Å². The van der Waals surface area contributed by atoms with Crippen LogP contribution in [0.5, 0.6) is 11.5 Å². The molecule has 3 aromatic heterocycles. The van der Waals surface area contributed by atoms with Crippen molar-refractivity contribution in [3.63, 3.8) is 0 Å². The molecule has 5 heteroatoms. The average molecular weight is 965 g/mol. The zero-order valence-corrected chi connectivity index (χ0v) is 44.1. The van der Waals surface area contributed by atoms with Gasteiger partial charge in [-0.2, -0.15) is 0 Å². The summed E-state index contributed by atoms with van der Waals surface area (Å²) in [6.45, 7) is 20.7. The number of hydrogen-bond donors (Lipinski definition) is 0. The molecule has 366 valence electrons. The standard InChI is InChI=1S/C69H64N4O/c1-66(2,3)53-37-38-70-65(43-53)73-62-36-33-49(48-23-14-10-15-24-48)39-61(62)60-35-34-59(45-63(60)73)74-58-32-22-31-56(44-58)71-46-64(69(8,9)52-29-20-13-21-30-52)72(47-71)57-41-54(67(4,5)50-25-16-11-17-26-50)40-55(42-57)68(6,7)51-27-18-12-19-28-51/h10-46H,1-9H3. The molecule has 3 heterocycles. The number of benzene rings is 8. The predicted octanol–water partition coefficient (Wildman–Crippen LogP) is 16.8. The van der Waals surface area contributed by atoms with Crippen molar-refractivity contribution < 1.29 is 9.30 Å². The van der Waals surface area contributed by atoms with E-state index >= 15 is 0 Å². The fourth-order valence-corrected chi connectivity index (χ4v) is 10.6. The average Bonchev–Trinajstić information content (AvgIpc) is 4.03. The van der Waals surface area contributed by atoms with Crippen molar-refractivity contribution >= 4 is 21.8 Å². The van der Waals surface area contributed by atoms with Crippen LogP contribution in [0.15, 0.2) is 225 Å². The molecule has 0 bridgehead atoms. The van der Waals surface area contributed by atoms with Gasteiger partial charge in [0, 0.05) is 45.5 Å². The molecule has 0 aliphatic rings. The molecule has 0 fully saturated rings. The summed E-state index contributed by atoms with van der Waals surface area (Å²) >= 11 is 0. The van der Waals surface area contributed by atoms with Gasteiger partial charge < -0.3 is 4.74 Å². The number of aromatic nitrogens is 4. The zero-order valence-electron chi connectivity index (χ0n) is 44.1. The Morgan fingerprint density at radius 2 is 1.01 bits per heavy atom. The minimum Gasteiger partial charge on any atom is -0.458 e. The zero-order chi connectivity index (χ0) is 51.4. The molecule has 8 aromatic carbocycles. The van der Waals surface area contributed by atoms with Gasteiger partial charge in [0.05, 0.1) is 28.1 Å². The van der Waals surface area contributed by atoms with E-state index in [1.54, 1.807) is 0 Å². The molecule has 0 amide bonds. The highest BCUT2D eigenvalue weighted by molar-refractivity contribution is 6.10. The SMILES string of the molecule is CC(C)(C)c1ccnc(-n2c3ccc(-c4ccccc4)cc3c3ccc(Oc4cccc(-n5[c-][n+](-c6cc(C(C)(C)c7ccccc7)cc(C(C)(C)c7ccccc7)c6)c(C(C)(C)c6ccccc6)c5)c4)cc32)c1. The molecule has 5 nitrogen and oxygen atoms in total. The molecule has 0 spiro atoms. The van der Waals surface area contributed by atoms with Crippen molar-refractivity contribution in [2.24, 2.45) is 0 Å². The van der Waals surface area contributed by atoms with Crippen molar-refractivity contribution in [3.05, 3.63) is 270 Å². The highest BCUT2D eigenvalue weighted by Crippen LogP contribution is 2.41. The summed E-state index contributed by atoms with van der Waals surface area (Å²) in [6, 6.07) is 76.1. The number of pyridine rings is 1. The van der Waals surface area contributed by atoms with Gasteiger partial charge in [0.15, 0.2) is 0 Å². The van der Waals surface area contributed by atoms with Crippen LogP contribution < -0.4 is 9.30 Å². The van der Waals surface area contributed by atoms with Gasteiger partial charge >= 0.3 is 0 Å². The van der Waals surface area contributed by atoms with Gasteiger partial charge in [-0.15, -0.1) is 0 Å². The first-order valence-electron chi connectivity index (χ1n) is 25.8. The van der Waals surface area contributed by atoms with Crippen LogP contribution in [0.3, 0.4) is 0 Å². The molecule has 0 saturated heterocycles. The van der Waals surface area contributed by atoms with E-state index in [2.05, 4.69) is 295 Å². The Morgan fingerprint density at radius 3 is 1.62 bits per heavy atom. The summed E-state index contributed by atoms with van der Waals surface area (Å²) < 4.78 is 13.6. The summed E-state index contributed by atoms with van der Waals surface area (Å²) in [4.78, 5) is 4.98. The fraction of sp³-hybridized carbons (Fsp3) is 0.188. The van der Waals surface area contributed by atoms with E-state index in [0.29, 0.717) is 0 Å². The highest BCUT2D eigenvalue weighted by Gasteiger charge is 2.33. The Labute approximate surface area is 437 Å². The third kappa shape index (κ3) is 8.91. The largest absolute Gasteiger partial charge is 0.458 e. The van der Waals surface area contributed by atoms with Crippen LogP contribution in [-0.2, 0) is 21.7 Å². The maximum atomic E-state index is 6.89. The van der Waals surface area contributed by atoms with Crippen LogP contribution in [0, 0.1) is 6.33 Å². The second kappa shape index (κ2) is 18.6. The summed E-state index contributed by atoms with van der Waals surface area (Å²) in [5.41, 5.74) is 13.9. The third-order valence-corrected chi connectivity index (χ3v) is 15.5. The monoisotopic (exact) mass is 965 g/mol. The lowest BCUT2D eigenvalue weighted by molar-refractivity contribution is -0.611. The molecule has 11 rings (SSSR count). The van der Waals surface area contributed by atoms with Crippen molar-refractivity contribution in [2.75, 3.05) is 0 Å². The first-order chi connectivity index (χ1) is 35.6. The predicted molar refractivity (Wildman–Crippen MR) is 305 cm³/mol. The van der Waals surface area contributed by atoms with Crippen LogP contribution >= 0.6 is 0 Å². The lowest BCUT2D eigenvalue weighted by Crippen LogP contribution is -2.41. The van der Waals surface area contributed by atoms with E-state index < -0.39 is 5.41 Å². The summed E-state index contributed by atoms with van der Waals surface area (Å²) in [5, 5.41) is 2.29. The van der Waals surface area contributed by atoms with Gasteiger partial charge in [0.1, 0.15) is 17.3 Å². The molecule has 0 saturated carbocycles. The minimum atomic E-state index is -0.409. The van der Waals surface area contributed by atoms with E-state index in [1.807, 2.05) is 12.3 Å². The van der Waals surface area contributed by atoms with E-state index in [4.69, 9.17) is 9.72 Å². The summed E-state index contributed by atoms with van der Waals surface area (Å²) in [7, 11) is 0. The van der Waals surface area contributed by atoms with E-state index in [9.17, 15) is 0 Å². The van der Waals surface area contributed by atoms with Gasteiger partial charge in [-0.25, -0.2) is 4.98 Å². The molecule has 11 aromatic rings. The smallest absolute Gasteiger partial charge is 0.269 e. The first-order valence-corrected chi connectivity index (χ1v) is 25.8. The van der Waals surface area contributed by atoms with Gasteiger partial charge in [-0.05, 0) is 117 Å². The van der Waals surface area contributed by atoms with Crippen LogP contribution in [0.2, 0.25) is 0 Å². The van der Waals surface area contributed by atoms with E-state index in [1.165, 1.54) is 44.5 Å². The third-order valence-electron chi connectivity index (χ3n) is 15.5. The number of hydrogen-bond acceptors (Lipinski definition) is 2. The van der Waals surface area contributed by atoms with Gasteiger partial charge in [0.25, 0.3) is 6.33 Å². The minimum absolute atomic E-state index is 0.0454. The Bertz CT molecular complexity index is 3730. The Hall–Kier alpha value is -8.28. The fourth-order valence-electron chi connectivity index (χ4n) is 10.6. The van der Waals surface area contributed by atoms with E-state index in [0.717, 1.165) is 56.2 Å². The first kappa shape index (κ1) is 48.0. The van der Waals surface area contributed by atoms with Crippen molar-refractivity contribution in [3.8, 4) is 39.8 Å². The normalized spacial score (nSPS) is 12.4. The lowest BCUT2D eigenvalue weighted by atomic mass is 9.73. The quantitative estimate of drug-likeness (QED) is 0.0903. The number of rotatable bonds is 12. The Kier molecular flexibility index (Phi) is 12.1. The molecule has 74 heavy (non-hydrogen) atoms. The molecule has 0 aliphatic carbocycles. The summed E-state index contributed by atoms with van der Waals surface area (Å²) in [5.74, 6) is 2.33. The number of nitrogens with zero attached hydrogens (tertiary/aromatic N) is 4. The van der Waals surface area contributed by atoms with E-state index in [-0.39, 0.29) is 16.2 Å². The molecule has 0 unspecified atom stereocenters. The maximum Gasteiger partial charge on any atom is 0.269 e. The van der Waals surface area contributed by atoms with Crippen LogP contribution in [0.25, 0.3) is 50.1 Å². The van der Waals surface area contributed by atoms with Crippen molar-refractivity contribution in [1.82, 2.24) is 14.1 Å². The molecule has 0 atom stereocenters. The molecular weight excluding hydrogens is 901 g/mol. The number of imidazole rings is 1. The lowest BCUT2D eigenvalue weighted by Gasteiger charge is -2.33. The topological polar surface area (TPSA) is 35.9 Å². The molecule has 0 radical (unpaired) electrons. The van der Waals surface area contributed by atoms with Crippen LogP contribution in [-0.4, -0.2) is 14.1 Å². The Balaban J connectivity index is 1.03. The molecular formula is C69H64N4O. The maximum absolute atomic E-state index is 6.89. The summed E-state index contributed by atoms with van der Waals surface area (Å²) in [6.07, 6.45) is 8.06. The highest BCUT2D eigenvalue weighted by atomic mass is 16.5. The van der Waals surface area contributed by atoms with Gasteiger partial charge in [0.2, 0.25) is 0 Å². The van der Waals surface area contributed by atoms with Gasteiger partial charge in [-0.3, -0.25) is 13.7 Å². The second-order valence-corrected chi connectivity index (χ2v) is 22.4.